The fourth-order valence-corrected chi connectivity index (χ4v) is 3.58. The number of nitrogens with one attached hydrogen (secondary N) is 1. The van der Waals surface area contributed by atoms with Crippen molar-refractivity contribution in [2.75, 3.05) is 18.9 Å². The second-order valence-corrected chi connectivity index (χ2v) is 7.33. The van der Waals surface area contributed by atoms with Gasteiger partial charge in [-0.05, 0) is 55.5 Å². The van der Waals surface area contributed by atoms with Crippen molar-refractivity contribution in [3.8, 4) is 0 Å². The first kappa shape index (κ1) is 20.9. The molecule has 2 aromatic heterocycles. The highest BCUT2D eigenvalue weighted by Gasteiger charge is 2.14. The third kappa shape index (κ3) is 4.62. The fourth-order valence-electron chi connectivity index (χ4n) is 3.58. The van der Waals surface area contributed by atoms with Gasteiger partial charge in [-0.15, -0.1) is 12.4 Å². The number of aromatic nitrogens is 1. The monoisotopic (exact) mass is 411 g/mol. The molecule has 0 radical (unpaired) electrons. The van der Waals surface area contributed by atoms with Crippen LogP contribution >= 0.6 is 12.4 Å². The Hall–Kier alpha value is -2.79. The van der Waals surface area contributed by atoms with Gasteiger partial charge in [-0.25, -0.2) is 4.98 Å². The van der Waals surface area contributed by atoms with E-state index in [1.807, 2.05) is 43.5 Å². The van der Waals surface area contributed by atoms with E-state index in [9.17, 15) is 4.79 Å². The van der Waals surface area contributed by atoms with Gasteiger partial charge in [0.2, 0.25) is 5.91 Å². The number of anilines is 1. The van der Waals surface area contributed by atoms with Gasteiger partial charge in [0.1, 0.15) is 17.2 Å². The van der Waals surface area contributed by atoms with Gasteiger partial charge >= 0.3 is 0 Å². The summed E-state index contributed by atoms with van der Waals surface area (Å²) >= 11 is 0. The Balaban J connectivity index is 0.00000240. The van der Waals surface area contributed by atoms with E-state index in [1.165, 1.54) is 5.56 Å². The van der Waals surface area contributed by atoms with Crippen molar-refractivity contribution in [3.63, 3.8) is 0 Å². The second-order valence-electron chi connectivity index (χ2n) is 7.33. The summed E-state index contributed by atoms with van der Waals surface area (Å²) in [5.74, 6) is 1.73. The molecule has 4 rings (SSSR count). The van der Waals surface area contributed by atoms with E-state index in [1.54, 1.807) is 18.0 Å². The number of para-hydroxylation sites is 1. The Labute approximate surface area is 177 Å². The summed E-state index contributed by atoms with van der Waals surface area (Å²) in [5, 5.41) is 4.45. The number of halogens is 1. The summed E-state index contributed by atoms with van der Waals surface area (Å²) in [6, 6.07) is 10.1. The maximum absolute atomic E-state index is 12.6. The third-order valence-corrected chi connectivity index (χ3v) is 5.27. The smallest absolute Gasteiger partial charge is 0.246 e. The Bertz CT molecular complexity index is 1040. The minimum atomic E-state index is -0.0621. The van der Waals surface area contributed by atoms with E-state index in [-0.39, 0.29) is 18.3 Å². The molecule has 3 aromatic rings. The lowest BCUT2D eigenvalue weighted by atomic mass is 10.1. The molecule has 3 heterocycles. The summed E-state index contributed by atoms with van der Waals surface area (Å²) in [6.45, 7) is 3.44. The Morgan fingerprint density at radius 2 is 2.14 bits per heavy atom. The third-order valence-electron chi connectivity index (χ3n) is 5.27. The van der Waals surface area contributed by atoms with E-state index in [0.29, 0.717) is 6.54 Å². The number of carbonyl (C=O) groups is 1. The lowest BCUT2D eigenvalue weighted by Crippen LogP contribution is -2.24. The molecule has 0 atom stereocenters. The number of hydrogen-bond donors (Lipinski definition) is 1. The number of rotatable bonds is 4. The summed E-state index contributed by atoms with van der Waals surface area (Å²) in [7, 11) is 1.79. The van der Waals surface area contributed by atoms with Gasteiger partial charge in [-0.3, -0.25) is 4.79 Å². The molecule has 0 saturated heterocycles. The molecule has 6 heteroatoms. The number of fused-ring (bicyclic) bond motifs is 2. The first-order valence-corrected chi connectivity index (χ1v) is 9.75. The predicted octanol–water partition coefficient (Wildman–Crippen LogP) is 4.98. The predicted molar refractivity (Wildman–Crippen MR) is 119 cm³/mol. The van der Waals surface area contributed by atoms with Crippen LogP contribution in [0.4, 0.5) is 5.82 Å². The van der Waals surface area contributed by atoms with E-state index in [2.05, 4.69) is 16.4 Å². The summed E-state index contributed by atoms with van der Waals surface area (Å²) in [6.07, 6.45) is 8.59. The number of likely N-dealkylation sites (N-methyl/N-ethyl adjacent to an activating group) is 1. The zero-order chi connectivity index (χ0) is 19.5. The molecule has 0 saturated carbocycles. The highest BCUT2D eigenvalue weighted by molar-refractivity contribution is 5.91. The molecular formula is C23H26ClN3O2. The number of benzene rings is 1. The fraction of sp³-hybridized carbons (Fsp3) is 0.304. The van der Waals surface area contributed by atoms with Gasteiger partial charge in [0.25, 0.3) is 0 Å². The van der Waals surface area contributed by atoms with Crippen LogP contribution in [0.1, 0.15) is 35.3 Å². The molecule has 1 N–H and O–H groups in total. The van der Waals surface area contributed by atoms with Crippen molar-refractivity contribution in [1.82, 2.24) is 9.88 Å². The Morgan fingerprint density at radius 1 is 1.31 bits per heavy atom. The van der Waals surface area contributed by atoms with Gasteiger partial charge in [0, 0.05) is 36.8 Å². The lowest BCUT2D eigenvalue weighted by molar-refractivity contribution is -0.125. The molecular weight excluding hydrogens is 386 g/mol. The maximum atomic E-state index is 12.6. The SMILES string of the molecule is Cc1c(CN(C)C(=O)C=Cc2cnc3c(c2)CCCCN3)oc2ccccc12.Cl. The quantitative estimate of drug-likeness (QED) is 0.615. The van der Waals surface area contributed by atoms with E-state index < -0.39 is 0 Å². The number of hydrogen-bond acceptors (Lipinski definition) is 4. The van der Waals surface area contributed by atoms with E-state index in [0.717, 1.165) is 59.5 Å². The minimum absolute atomic E-state index is 0. The van der Waals surface area contributed by atoms with Crippen LogP contribution in [0.25, 0.3) is 17.0 Å². The molecule has 1 aliphatic heterocycles. The van der Waals surface area contributed by atoms with Crippen LogP contribution in [0.15, 0.2) is 47.0 Å². The summed E-state index contributed by atoms with van der Waals surface area (Å²) < 4.78 is 5.92. The highest BCUT2D eigenvalue weighted by Crippen LogP contribution is 2.26. The van der Waals surface area contributed by atoms with Crippen molar-refractivity contribution in [1.29, 1.82) is 0 Å². The van der Waals surface area contributed by atoms with Gasteiger partial charge in [0.05, 0.1) is 6.54 Å². The van der Waals surface area contributed by atoms with Crippen LogP contribution in [0.2, 0.25) is 0 Å². The van der Waals surface area contributed by atoms with Gasteiger partial charge in [-0.1, -0.05) is 18.2 Å². The molecule has 152 valence electrons. The first-order valence-electron chi connectivity index (χ1n) is 9.75. The summed E-state index contributed by atoms with van der Waals surface area (Å²) in [5.41, 5.74) is 4.11. The number of nitrogens with zero attached hydrogens (tertiary/aromatic N) is 2. The molecule has 0 aliphatic carbocycles. The van der Waals surface area contributed by atoms with Crippen molar-refractivity contribution >= 4 is 41.2 Å². The van der Waals surface area contributed by atoms with Crippen molar-refractivity contribution in [2.45, 2.75) is 32.7 Å². The van der Waals surface area contributed by atoms with Crippen LogP contribution in [-0.2, 0) is 17.8 Å². The van der Waals surface area contributed by atoms with Gasteiger partial charge < -0.3 is 14.6 Å². The number of carbonyl (C=O) groups excluding carboxylic acids is 1. The van der Waals surface area contributed by atoms with Crippen LogP contribution in [0.3, 0.4) is 0 Å². The van der Waals surface area contributed by atoms with Crippen LogP contribution in [0.5, 0.6) is 0 Å². The number of furan rings is 1. The first-order chi connectivity index (χ1) is 13.6. The standard InChI is InChI=1S/C23H25N3O2.ClH/c1-16-19-8-3-4-9-20(19)28-21(16)15-26(2)22(27)11-10-17-13-18-7-5-6-12-24-23(18)25-14-17;/h3-4,8-11,13-14H,5-7,12,15H2,1-2H3,(H,24,25);1H. The molecule has 1 aliphatic rings. The lowest BCUT2D eigenvalue weighted by Gasteiger charge is -2.14. The molecule has 0 spiro atoms. The minimum Gasteiger partial charge on any atom is -0.459 e. The molecule has 0 bridgehead atoms. The van der Waals surface area contributed by atoms with Crippen molar-refractivity contribution in [3.05, 3.63) is 65.1 Å². The van der Waals surface area contributed by atoms with E-state index >= 15 is 0 Å². The Kier molecular flexibility index (Phi) is 6.60. The largest absolute Gasteiger partial charge is 0.459 e. The molecule has 0 fully saturated rings. The average Bonchev–Trinajstić information content (AvgIpc) is 2.88. The number of pyridine rings is 1. The molecule has 5 nitrogen and oxygen atoms in total. The van der Waals surface area contributed by atoms with Crippen LogP contribution in [0, 0.1) is 6.92 Å². The maximum Gasteiger partial charge on any atom is 0.246 e. The summed E-state index contributed by atoms with van der Waals surface area (Å²) in [4.78, 5) is 18.7. The normalized spacial score (nSPS) is 13.4. The molecule has 29 heavy (non-hydrogen) atoms. The van der Waals surface area contributed by atoms with Gasteiger partial charge in [-0.2, -0.15) is 0 Å². The van der Waals surface area contributed by atoms with Crippen molar-refractivity contribution in [2.24, 2.45) is 0 Å². The van der Waals surface area contributed by atoms with Crippen LogP contribution < -0.4 is 5.32 Å². The van der Waals surface area contributed by atoms with Crippen LogP contribution in [-0.4, -0.2) is 29.4 Å². The zero-order valence-electron chi connectivity index (χ0n) is 16.8. The molecule has 0 unspecified atom stereocenters. The van der Waals surface area contributed by atoms with Crippen molar-refractivity contribution < 1.29 is 9.21 Å². The number of aryl methyl sites for hydroxylation is 2. The van der Waals surface area contributed by atoms with Gasteiger partial charge in [0.15, 0.2) is 0 Å². The Morgan fingerprint density at radius 3 is 2.97 bits per heavy atom. The average molecular weight is 412 g/mol. The topological polar surface area (TPSA) is 58.4 Å². The highest BCUT2D eigenvalue weighted by atomic mass is 35.5. The number of amides is 1. The zero-order valence-corrected chi connectivity index (χ0v) is 17.6. The molecule has 1 aromatic carbocycles. The second kappa shape index (κ2) is 9.14. The van der Waals surface area contributed by atoms with E-state index in [4.69, 9.17) is 4.42 Å². The molecule has 1 amide bonds.